The topological polar surface area (TPSA) is 88.3 Å². The number of aliphatic carboxylic acids is 1. The summed E-state index contributed by atoms with van der Waals surface area (Å²) in [6, 6.07) is 2.74. The fraction of sp³-hybridized carbons (Fsp3) is 0.440. The smallest absolute Gasteiger partial charge is 0.433 e. The van der Waals surface area contributed by atoms with Gasteiger partial charge in [0.1, 0.15) is 16.5 Å². The van der Waals surface area contributed by atoms with Crippen LogP contribution in [0.15, 0.2) is 18.3 Å². The Morgan fingerprint density at radius 1 is 1.24 bits per heavy atom. The Morgan fingerprint density at radius 2 is 1.95 bits per heavy atom. The molecular weight excluding hydrogens is 532 g/mol. The highest BCUT2D eigenvalue weighted by molar-refractivity contribution is 6.37. The highest BCUT2D eigenvalue weighted by atomic mass is 35.5. The van der Waals surface area contributed by atoms with Crippen LogP contribution in [0.1, 0.15) is 52.6 Å². The Labute approximate surface area is 221 Å². The van der Waals surface area contributed by atoms with E-state index < -0.39 is 17.8 Å². The van der Waals surface area contributed by atoms with Gasteiger partial charge in [0.25, 0.3) is 5.91 Å². The Morgan fingerprint density at radius 3 is 2.57 bits per heavy atom. The van der Waals surface area contributed by atoms with E-state index in [1.807, 2.05) is 6.92 Å². The van der Waals surface area contributed by atoms with E-state index in [9.17, 15) is 22.8 Å². The molecular formula is C25H25Cl2F3N4O3. The predicted octanol–water partition coefficient (Wildman–Crippen LogP) is 5.77. The Kier molecular flexibility index (Phi) is 7.45. The number of pyridine rings is 2. The van der Waals surface area contributed by atoms with Crippen LogP contribution in [0, 0.1) is 18.8 Å². The van der Waals surface area contributed by atoms with Gasteiger partial charge in [-0.2, -0.15) is 13.2 Å². The van der Waals surface area contributed by atoms with Gasteiger partial charge in [-0.1, -0.05) is 30.1 Å². The number of carboxylic acid groups (broad SMARTS) is 1. The average molecular weight is 557 g/mol. The second kappa shape index (κ2) is 10.1. The summed E-state index contributed by atoms with van der Waals surface area (Å²) in [7, 11) is 1.61. The van der Waals surface area contributed by atoms with E-state index in [1.54, 1.807) is 29.5 Å². The molecule has 37 heavy (non-hydrogen) atoms. The van der Waals surface area contributed by atoms with Crippen LogP contribution < -0.4 is 0 Å². The maximum absolute atomic E-state index is 13.3. The summed E-state index contributed by atoms with van der Waals surface area (Å²) in [5, 5.41) is 9.88. The Hall–Kier alpha value is -2.85. The van der Waals surface area contributed by atoms with Crippen molar-refractivity contribution < 1.29 is 27.9 Å². The molecule has 0 aromatic carbocycles. The molecule has 3 aromatic heterocycles. The zero-order valence-electron chi connectivity index (χ0n) is 20.4. The molecule has 1 aliphatic heterocycles. The van der Waals surface area contributed by atoms with E-state index in [-0.39, 0.29) is 52.0 Å². The summed E-state index contributed by atoms with van der Waals surface area (Å²) < 4.78 is 41.4. The molecule has 12 heteroatoms. The van der Waals surface area contributed by atoms with Gasteiger partial charge in [0, 0.05) is 55.8 Å². The molecule has 1 N–H and O–H groups in total. The highest BCUT2D eigenvalue weighted by Crippen LogP contribution is 2.35. The third kappa shape index (κ3) is 5.40. The van der Waals surface area contributed by atoms with Crippen LogP contribution in [-0.4, -0.2) is 49.5 Å². The van der Waals surface area contributed by atoms with Gasteiger partial charge in [-0.05, 0) is 42.9 Å². The molecule has 0 spiro atoms. The van der Waals surface area contributed by atoms with Gasteiger partial charge < -0.3 is 14.6 Å². The molecule has 2 atom stereocenters. The fourth-order valence-corrected chi connectivity index (χ4v) is 5.42. The van der Waals surface area contributed by atoms with Crippen LogP contribution >= 0.6 is 23.2 Å². The lowest BCUT2D eigenvalue weighted by atomic mass is 9.84. The lowest BCUT2D eigenvalue weighted by molar-refractivity contribution is -0.141. The first-order valence-corrected chi connectivity index (χ1v) is 12.4. The molecule has 1 saturated heterocycles. The van der Waals surface area contributed by atoms with Crippen LogP contribution in [0.5, 0.6) is 0 Å². The summed E-state index contributed by atoms with van der Waals surface area (Å²) in [5.74, 6) is -1.21. The second-order valence-electron chi connectivity index (χ2n) is 9.56. The van der Waals surface area contributed by atoms with Crippen molar-refractivity contribution in [3.8, 4) is 0 Å². The number of likely N-dealkylation sites (tertiary alicyclic amines) is 1. The van der Waals surface area contributed by atoms with E-state index in [4.69, 9.17) is 28.3 Å². The predicted molar refractivity (Wildman–Crippen MR) is 133 cm³/mol. The number of carbonyl (C=O) groups excluding carboxylic acids is 1. The van der Waals surface area contributed by atoms with Gasteiger partial charge in [0.05, 0.1) is 10.6 Å². The molecule has 7 nitrogen and oxygen atoms in total. The van der Waals surface area contributed by atoms with Crippen molar-refractivity contribution in [2.24, 2.45) is 18.9 Å². The van der Waals surface area contributed by atoms with Gasteiger partial charge in [-0.3, -0.25) is 9.59 Å². The molecule has 0 aliphatic carbocycles. The normalized spacial score (nSPS) is 18.4. The van der Waals surface area contributed by atoms with Crippen LogP contribution in [0.4, 0.5) is 13.2 Å². The number of aromatic nitrogens is 3. The molecule has 4 heterocycles. The first-order valence-electron chi connectivity index (χ1n) is 11.6. The molecule has 3 aromatic rings. The van der Waals surface area contributed by atoms with E-state index >= 15 is 0 Å². The minimum absolute atomic E-state index is 0.000400. The number of aryl methyl sites for hydroxylation is 2. The van der Waals surface area contributed by atoms with Gasteiger partial charge in [0.15, 0.2) is 0 Å². The monoisotopic (exact) mass is 556 g/mol. The molecule has 1 amide bonds. The van der Waals surface area contributed by atoms with Gasteiger partial charge >= 0.3 is 12.1 Å². The van der Waals surface area contributed by atoms with Crippen molar-refractivity contribution >= 4 is 46.1 Å². The number of rotatable bonds is 5. The fourth-order valence-electron chi connectivity index (χ4n) is 4.88. The van der Waals surface area contributed by atoms with Gasteiger partial charge in [0.2, 0.25) is 0 Å². The highest BCUT2D eigenvalue weighted by Gasteiger charge is 2.34. The number of amides is 1. The Bertz CT molecular complexity index is 1390. The number of alkyl halides is 3. The average Bonchev–Trinajstić information content (AvgIpc) is 3.12. The summed E-state index contributed by atoms with van der Waals surface area (Å²) >= 11 is 13.0. The van der Waals surface area contributed by atoms with Crippen LogP contribution in [-0.2, 0) is 24.4 Å². The number of hydrogen-bond acceptors (Lipinski definition) is 4. The SMILES string of the molecule is Cc1cc(C(F)(F)F)nc2c1cc(Cc1c(Cl)ncc(C(=O)N3CC[C@@H](CC(=O)O)C(C)C3)c1Cl)n2C. The summed E-state index contributed by atoms with van der Waals surface area (Å²) in [6.07, 6.45) is -2.52. The standard InChI is InChI=1S/C25H25Cl2F3N4O3/c1-12-6-19(25(28,29)30)32-23-16(12)8-15(33(23)3)9-17-21(26)18(10-31-22(17)27)24(37)34-5-4-14(7-20(35)36)13(2)11-34/h6,8,10,13-14H,4-5,7,9,11H2,1-3H3,(H,35,36)/t13?,14-/m0/s1. The van der Waals surface area contributed by atoms with Crippen LogP contribution in [0.2, 0.25) is 10.2 Å². The van der Waals surface area contributed by atoms with Crippen molar-refractivity contribution in [2.75, 3.05) is 13.1 Å². The first kappa shape index (κ1) is 27.2. The number of halogens is 5. The van der Waals surface area contributed by atoms with Crippen molar-refractivity contribution in [1.29, 1.82) is 0 Å². The van der Waals surface area contributed by atoms with Crippen molar-refractivity contribution in [3.63, 3.8) is 0 Å². The van der Waals surface area contributed by atoms with E-state index in [1.165, 1.54) is 6.20 Å². The molecule has 198 valence electrons. The number of carbonyl (C=O) groups is 2. The second-order valence-corrected chi connectivity index (χ2v) is 10.3. The molecule has 1 aliphatic rings. The number of hydrogen-bond donors (Lipinski definition) is 1. The minimum atomic E-state index is -4.58. The summed E-state index contributed by atoms with van der Waals surface area (Å²) in [4.78, 5) is 34.0. The van der Waals surface area contributed by atoms with Crippen molar-refractivity contribution in [3.05, 3.63) is 56.6 Å². The quantitative estimate of drug-likeness (QED) is 0.403. The van der Waals surface area contributed by atoms with Crippen molar-refractivity contribution in [1.82, 2.24) is 19.4 Å². The zero-order chi connectivity index (χ0) is 27.2. The minimum Gasteiger partial charge on any atom is -0.481 e. The third-order valence-electron chi connectivity index (χ3n) is 7.05. The molecule has 0 saturated carbocycles. The summed E-state index contributed by atoms with van der Waals surface area (Å²) in [5.41, 5.74) is 0.770. The van der Waals surface area contributed by atoms with E-state index in [2.05, 4.69) is 9.97 Å². The zero-order valence-corrected chi connectivity index (χ0v) is 21.9. The first-order chi connectivity index (χ1) is 17.3. The Balaban J connectivity index is 1.63. The molecule has 1 unspecified atom stereocenters. The molecule has 0 radical (unpaired) electrons. The molecule has 1 fully saturated rings. The van der Waals surface area contributed by atoms with E-state index in [0.29, 0.717) is 41.7 Å². The van der Waals surface area contributed by atoms with Crippen molar-refractivity contribution in [2.45, 2.75) is 39.3 Å². The largest absolute Gasteiger partial charge is 0.481 e. The molecule has 0 bridgehead atoms. The van der Waals surface area contributed by atoms with Gasteiger partial charge in [-0.25, -0.2) is 9.97 Å². The van der Waals surface area contributed by atoms with Crippen LogP contribution in [0.25, 0.3) is 11.0 Å². The number of piperidine rings is 1. The number of carboxylic acids is 1. The lowest BCUT2D eigenvalue weighted by Crippen LogP contribution is -2.43. The third-order valence-corrected chi connectivity index (χ3v) is 7.81. The van der Waals surface area contributed by atoms with E-state index in [0.717, 1.165) is 6.07 Å². The van der Waals surface area contributed by atoms with Gasteiger partial charge in [-0.15, -0.1) is 0 Å². The molecule has 4 rings (SSSR count). The lowest BCUT2D eigenvalue weighted by Gasteiger charge is -2.36. The number of fused-ring (bicyclic) bond motifs is 1. The number of nitrogens with zero attached hydrogens (tertiary/aromatic N) is 4. The summed E-state index contributed by atoms with van der Waals surface area (Å²) in [6.45, 7) is 4.29. The van der Waals surface area contributed by atoms with Crippen LogP contribution in [0.3, 0.4) is 0 Å². The maximum Gasteiger partial charge on any atom is 0.433 e. The maximum atomic E-state index is 13.3.